The topological polar surface area (TPSA) is 24.5 Å². The van der Waals surface area contributed by atoms with Crippen LogP contribution in [0.5, 0.6) is 5.75 Å². The van der Waals surface area contributed by atoms with Crippen LogP contribution < -0.4 is 10.1 Å². The first-order valence-electron chi connectivity index (χ1n) is 7.34. The maximum atomic E-state index is 5.47. The van der Waals surface area contributed by atoms with E-state index in [1.54, 1.807) is 7.11 Å². The van der Waals surface area contributed by atoms with E-state index in [0.717, 1.165) is 25.4 Å². The Morgan fingerprint density at radius 3 is 2.89 bits per heavy atom. The lowest BCUT2D eigenvalue weighted by atomic mass is 10.0. The molecule has 1 saturated heterocycles. The molecule has 1 aliphatic heterocycles. The summed E-state index contributed by atoms with van der Waals surface area (Å²) < 4.78 is 5.47. The molecule has 19 heavy (non-hydrogen) atoms. The summed E-state index contributed by atoms with van der Waals surface area (Å²) >= 11 is 0. The molecular weight excluding hydrogens is 236 g/mol. The zero-order valence-electron chi connectivity index (χ0n) is 12.4. The Bertz CT molecular complexity index is 394. The number of hydrogen-bond acceptors (Lipinski definition) is 3. The van der Waals surface area contributed by atoms with Crippen LogP contribution in [0.15, 0.2) is 24.3 Å². The molecular formula is C16H26N2O. The van der Waals surface area contributed by atoms with Crippen molar-refractivity contribution in [3.8, 4) is 5.75 Å². The summed E-state index contributed by atoms with van der Waals surface area (Å²) in [7, 11) is 1.75. The standard InChI is InChI=1S/C16H26N2O/c1-4-7-15-10-17-13(2)11-18(15)12-14-8-5-6-9-16(14)19-3/h5-6,8-9,13,15,17H,4,7,10-12H2,1-3H3. The highest BCUT2D eigenvalue weighted by atomic mass is 16.5. The van der Waals surface area contributed by atoms with Crippen LogP contribution in [0.1, 0.15) is 32.3 Å². The van der Waals surface area contributed by atoms with E-state index in [1.165, 1.54) is 18.4 Å². The highest BCUT2D eigenvalue weighted by Crippen LogP contribution is 2.22. The molecule has 0 aromatic heterocycles. The zero-order valence-corrected chi connectivity index (χ0v) is 12.4. The number of para-hydroxylation sites is 1. The molecule has 0 radical (unpaired) electrons. The van der Waals surface area contributed by atoms with Crippen molar-refractivity contribution in [3.05, 3.63) is 29.8 Å². The Morgan fingerprint density at radius 2 is 2.16 bits per heavy atom. The molecule has 2 unspecified atom stereocenters. The average molecular weight is 262 g/mol. The first-order chi connectivity index (χ1) is 9.24. The summed E-state index contributed by atoms with van der Waals surface area (Å²) in [5.74, 6) is 1.00. The van der Waals surface area contributed by atoms with Gasteiger partial charge in [0.15, 0.2) is 0 Å². The number of piperazine rings is 1. The minimum absolute atomic E-state index is 0.572. The molecule has 1 N–H and O–H groups in total. The zero-order chi connectivity index (χ0) is 13.7. The van der Waals surface area contributed by atoms with E-state index in [0.29, 0.717) is 12.1 Å². The number of nitrogens with zero attached hydrogens (tertiary/aromatic N) is 1. The van der Waals surface area contributed by atoms with Crippen LogP contribution in [-0.4, -0.2) is 37.2 Å². The van der Waals surface area contributed by atoms with E-state index >= 15 is 0 Å². The minimum atomic E-state index is 0.572. The van der Waals surface area contributed by atoms with Crippen LogP contribution in [0.3, 0.4) is 0 Å². The number of methoxy groups -OCH3 is 1. The Hall–Kier alpha value is -1.06. The molecule has 3 heteroatoms. The van der Waals surface area contributed by atoms with Gasteiger partial charge in [0, 0.05) is 37.3 Å². The van der Waals surface area contributed by atoms with Crippen LogP contribution >= 0.6 is 0 Å². The Kier molecular flexibility index (Phi) is 5.23. The van der Waals surface area contributed by atoms with Gasteiger partial charge in [-0.15, -0.1) is 0 Å². The normalized spacial score (nSPS) is 24.4. The molecule has 1 aromatic rings. The number of rotatable bonds is 5. The van der Waals surface area contributed by atoms with Crippen molar-refractivity contribution in [2.75, 3.05) is 20.2 Å². The van der Waals surface area contributed by atoms with Crippen LogP contribution in [0.2, 0.25) is 0 Å². The first kappa shape index (κ1) is 14.4. The van der Waals surface area contributed by atoms with Gasteiger partial charge in [0.1, 0.15) is 5.75 Å². The largest absolute Gasteiger partial charge is 0.496 e. The van der Waals surface area contributed by atoms with Crippen molar-refractivity contribution in [2.45, 2.75) is 45.3 Å². The summed E-state index contributed by atoms with van der Waals surface area (Å²) in [5.41, 5.74) is 1.29. The molecule has 0 aliphatic carbocycles. The van der Waals surface area contributed by atoms with Crippen molar-refractivity contribution in [1.29, 1.82) is 0 Å². The molecule has 3 nitrogen and oxygen atoms in total. The Labute approximate surface area is 116 Å². The van der Waals surface area contributed by atoms with Gasteiger partial charge < -0.3 is 10.1 Å². The molecule has 2 rings (SSSR count). The predicted octanol–water partition coefficient (Wildman–Crippen LogP) is 2.66. The summed E-state index contributed by atoms with van der Waals surface area (Å²) in [5, 5.41) is 3.59. The Morgan fingerprint density at radius 1 is 1.37 bits per heavy atom. The van der Waals surface area contributed by atoms with Crippen LogP contribution in [0, 0.1) is 0 Å². The fourth-order valence-corrected chi connectivity index (χ4v) is 2.90. The van der Waals surface area contributed by atoms with Gasteiger partial charge in [0.05, 0.1) is 7.11 Å². The number of benzene rings is 1. The van der Waals surface area contributed by atoms with Crippen LogP contribution in [0.25, 0.3) is 0 Å². The van der Waals surface area contributed by atoms with E-state index in [4.69, 9.17) is 4.74 Å². The minimum Gasteiger partial charge on any atom is -0.496 e. The van der Waals surface area contributed by atoms with Crippen LogP contribution in [0.4, 0.5) is 0 Å². The van der Waals surface area contributed by atoms with Crippen molar-refractivity contribution < 1.29 is 4.74 Å². The van der Waals surface area contributed by atoms with E-state index in [9.17, 15) is 0 Å². The van der Waals surface area contributed by atoms with Gasteiger partial charge in [-0.2, -0.15) is 0 Å². The molecule has 1 aromatic carbocycles. The summed E-state index contributed by atoms with van der Waals surface area (Å²) in [6.45, 7) is 7.73. The fraction of sp³-hybridized carbons (Fsp3) is 0.625. The molecule has 106 valence electrons. The lowest BCUT2D eigenvalue weighted by Gasteiger charge is -2.39. The second-order valence-corrected chi connectivity index (χ2v) is 5.49. The second-order valence-electron chi connectivity index (χ2n) is 5.49. The third-order valence-corrected chi connectivity index (χ3v) is 3.91. The van der Waals surface area contributed by atoms with Crippen LogP contribution in [-0.2, 0) is 6.54 Å². The van der Waals surface area contributed by atoms with Gasteiger partial charge in [-0.1, -0.05) is 31.5 Å². The van der Waals surface area contributed by atoms with Crippen molar-refractivity contribution >= 4 is 0 Å². The van der Waals surface area contributed by atoms with Crippen molar-refractivity contribution in [1.82, 2.24) is 10.2 Å². The van der Waals surface area contributed by atoms with Crippen molar-refractivity contribution in [2.24, 2.45) is 0 Å². The molecule has 0 spiro atoms. The maximum absolute atomic E-state index is 5.47. The highest BCUT2D eigenvalue weighted by Gasteiger charge is 2.25. The molecule has 1 heterocycles. The predicted molar refractivity (Wildman–Crippen MR) is 79.6 cm³/mol. The maximum Gasteiger partial charge on any atom is 0.123 e. The Balaban J connectivity index is 2.09. The fourth-order valence-electron chi connectivity index (χ4n) is 2.90. The summed E-state index contributed by atoms with van der Waals surface area (Å²) in [6.07, 6.45) is 2.50. The quantitative estimate of drug-likeness (QED) is 0.883. The molecule has 0 bridgehead atoms. The first-order valence-corrected chi connectivity index (χ1v) is 7.34. The third kappa shape index (κ3) is 3.71. The van der Waals surface area contributed by atoms with E-state index in [1.807, 2.05) is 6.07 Å². The molecule has 1 fully saturated rings. The van der Waals surface area contributed by atoms with Gasteiger partial charge in [-0.3, -0.25) is 4.90 Å². The highest BCUT2D eigenvalue weighted by molar-refractivity contribution is 5.33. The molecule has 0 amide bonds. The smallest absolute Gasteiger partial charge is 0.123 e. The molecule has 2 atom stereocenters. The van der Waals surface area contributed by atoms with Crippen molar-refractivity contribution in [3.63, 3.8) is 0 Å². The average Bonchev–Trinajstić information content (AvgIpc) is 2.42. The van der Waals surface area contributed by atoms with Gasteiger partial charge in [-0.05, 0) is 19.4 Å². The SMILES string of the molecule is CCCC1CNC(C)CN1Cc1ccccc1OC. The van der Waals surface area contributed by atoms with Gasteiger partial charge in [0.2, 0.25) is 0 Å². The number of hydrogen-bond donors (Lipinski definition) is 1. The molecule has 1 aliphatic rings. The lowest BCUT2D eigenvalue weighted by molar-refractivity contribution is 0.119. The van der Waals surface area contributed by atoms with E-state index < -0.39 is 0 Å². The van der Waals surface area contributed by atoms with Gasteiger partial charge in [-0.25, -0.2) is 0 Å². The number of ether oxygens (including phenoxy) is 1. The third-order valence-electron chi connectivity index (χ3n) is 3.91. The second kappa shape index (κ2) is 6.92. The van der Waals surface area contributed by atoms with Gasteiger partial charge >= 0.3 is 0 Å². The monoisotopic (exact) mass is 262 g/mol. The lowest BCUT2D eigenvalue weighted by Crippen LogP contribution is -2.54. The summed E-state index contributed by atoms with van der Waals surface area (Å²) in [4.78, 5) is 2.60. The molecule has 0 saturated carbocycles. The summed E-state index contributed by atoms with van der Waals surface area (Å²) in [6, 6.07) is 9.57. The number of nitrogens with one attached hydrogen (secondary N) is 1. The van der Waals surface area contributed by atoms with E-state index in [2.05, 4.69) is 42.3 Å². The van der Waals surface area contributed by atoms with Gasteiger partial charge in [0.25, 0.3) is 0 Å². The van der Waals surface area contributed by atoms with E-state index in [-0.39, 0.29) is 0 Å².